The molecule has 1 atom stereocenters. The molecular weight excluding hydrogens is 322 g/mol. The van der Waals surface area contributed by atoms with Gasteiger partial charge in [0.2, 0.25) is 0 Å². The van der Waals surface area contributed by atoms with Crippen LogP contribution in [0.3, 0.4) is 0 Å². The highest BCUT2D eigenvalue weighted by Gasteiger charge is 2.08. The van der Waals surface area contributed by atoms with Crippen LogP contribution < -0.4 is 20.2 Å². The highest BCUT2D eigenvalue weighted by atomic mass is 32.1. The molecule has 0 unspecified atom stereocenters. The van der Waals surface area contributed by atoms with E-state index in [1.54, 1.807) is 20.4 Å². The highest BCUT2D eigenvalue weighted by Crippen LogP contribution is 2.26. The van der Waals surface area contributed by atoms with Gasteiger partial charge >= 0.3 is 0 Å². The van der Waals surface area contributed by atoms with Crippen molar-refractivity contribution in [3.8, 4) is 11.5 Å². The summed E-state index contributed by atoms with van der Waals surface area (Å²) >= 11 is 5.27. The van der Waals surface area contributed by atoms with Gasteiger partial charge in [-0.2, -0.15) is 5.10 Å². The number of methoxy groups -OCH3 is 2. The molecule has 2 rings (SSSR count). The molecule has 0 spiro atoms. The van der Waals surface area contributed by atoms with Crippen LogP contribution in [0.25, 0.3) is 0 Å². The Morgan fingerprint density at radius 2 is 1.67 bits per heavy atom. The smallest absolute Gasteiger partial charge is 0.187 e. The molecule has 6 heteroatoms. The van der Waals surface area contributed by atoms with Crippen LogP contribution in [0.5, 0.6) is 11.5 Å². The van der Waals surface area contributed by atoms with Gasteiger partial charge in [-0.3, -0.25) is 5.43 Å². The number of hydrazone groups is 1. The highest BCUT2D eigenvalue weighted by molar-refractivity contribution is 7.80. The second-order valence-corrected chi connectivity index (χ2v) is 5.46. The maximum atomic E-state index is 5.32. The lowest BCUT2D eigenvalue weighted by atomic mass is 10.1. The van der Waals surface area contributed by atoms with E-state index in [2.05, 4.69) is 15.8 Å². The van der Waals surface area contributed by atoms with Crippen LogP contribution in [0.1, 0.15) is 24.1 Å². The van der Waals surface area contributed by atoms with E-state index in [-0.39, 0.29) is 6.04 Å². The van der Waals surface area contributed by atoms with Crippen molar-refractivity contribution in [2.24, 2.45) is 5.10 Å². The minimum Gasteiger partial charge on any atom is -0.496 e. The molecule has 2 N–H and O–H groups in total. The fourth-order valence-electron chi connectivity index (χ4n) is 2.22. The number of rotatable bonds is 6. The third-order valence-corrected chi connectivity index (χ3v) is 3.68. The van der Waals surface area contributed by atoms with Crippen LogP contribution in [-0.4, -0.2) is 25.5 Å². The number of nitrogens with one attached hydrogen (secondary N) is 2. The summed E-state index contributed by atoms with van der Waals surface area (Å²) < 4.78 is 10.6. The minimum absolute atomic E-state index is 0.0854. The van der Waals surface area contributed by atoms with Gasteiger partial charge in [-0.15, -0.1) is 0 Å². The molecule has 5 nitrogen and oxygen atoms in total. The quantitative estimate of drug-likeness (QED) is 0.479. The van der Waals surface area contributed by atoms with Gasteiger partial charge in [0, 0.05) is 0 Å². The van der Waals surface area contributed by atoms with Gasteiger partial charge in [-0.25, -0.2) is 0 Å². The molecule has 126 valence electrons. The first-order chi connectivity index (χ1) is 11.7. The van der Waals surface area contributed by atoms with Crippen molar-refractivity contribution in [1.82, 2.24) is 10.7 Å². The van der Waals surface area contributed by atoms with Crippen molar-refractivity contribution < 1.29 is 9.47 Å². The summed E-state index contributed by atoms with van der Waals surface area (Å²) in [5.74, 6) is 1.35. The fraction of sp³-hybridized carbons (Fsp3) is 0.222. The zero-order valence-corrected chi connectivity index (χ0v) is 14.8. The Morgan fingerprint density at radius 3 is 2.25 bits per heavy atom. The van der Waals surface area contributed by atoms with Crippen molar-refractivity contribution in [2.45, 2.75) is 13.0 Å². The lowest BCUT2D eigenvalue weighted by molar-refractivity contribution is 0.393. The maximum Gasteiger partial charge on any atom is 0.187 e. The Balaban J connectivity index is 1.98. The minimum atomic E-state index is 0.0854. The number of nitrogens with zero attached hydrogens (tertiary/aromatic N) is 1. The predicted molar refractivity (Wildman–Crippen MR) is 101 cm³/mol. The van der Waals surface area contributed by atoms with Crippen LogP contribution in [-0.2, 0) is 0 Å². The van der Waals surface area contributed by atoms with E-state index in [0.29, 0.717) is 16.6 Å². The van der Waals surface area contributed by atoms with E-state index in [0.717, 1.165) is 11.1 Å². The Bertz CT molecular complexity index is 682. The van der Waals surface area contributed by atoms with Crippen LogP contribution >= 0.6 is 12.2 Å². The van der Waals surface area contributed by atoms with Crippen molar-refractivity contribution in [3.05, 3.63) is 59.7 Å². The molecule has 0 bridgehead atoms. The first-order valence-corrected chi connectivity index (χ1v) is 7.92. The van der Waals surface area contributed by atoms with E-state index in [4.69, 9.17) is 21.7 Å². The van der Waals surface area contributed by atoms with Gasteiger partial charge < -0.3 is 14.8 Å². The van der Waals surface area contributed by atoms with E-state index in [1.165, 1.54) is 0 Å². The summed E-state index contributed by atoms with van der Waals surface area (Å²) in [6, 6.07) is 15.7. The van der Waals surface area contributed by atoms with Crippen LogP contribution in [0.4, 0.5) is 0 Å². The topological polar surface area (TPSA) is 54.9 Å². The molecule has 2 aromatic carbocycles. The summed E-state index contributed by atoms with van der Waals surface area (Å²) in [5, 5.41) is 7.79. The summed E-state index contributed by atoms with van der Waals surface area (Å²) in [5.41, 5.74) is 4.71. The molecule has 0 heterocycles. The summed E-state index contributed by atoms with van der Waals surface area (Å²) in [7, 11) is 3.21. The lowest BCUT2D eigenvalue weighted by Gasteiger charge is -2.15. The largest absolute Gasteiger partial charge is 0.496 e. The van der Waals surface area contributed by atoms with E-state index in [9.17, 15) is 0 Å². The molecule has 0 amide bonds. The first kappa shape index (κ1) is 17.7. The monoisotopic (exact) mass is 343 g/mol. The van der Waals surface area contributed by atoms with E-state index >= 15 is 0 Å². The van der Waals surface area contributed by atoms with Gasteiger partial charge in [-0.1, -0.05) is 36.4 Å². The lowest BCUT2D eigenvalue weighted by Crippen LogP contribution is -2.34. The Labute approximate surface area is 147 Å². The fourth-order valence-corrected chi connectivity index (χ4v) is 2.45. The standard InChI is InChI=1S/C18H21N3O2S/c1-13(14-8-5-4-6-9-14)20-18(24)21-19-12-15-16(22-2)10-7-11-17(15)23-3/h4-13H,1-3H3,(H2,20,21,24)/t13-/m1/s1. The van der Waals surface area contributed by atoms with E-state index in [1.807, 2.05) is 55.5 Å². The Hall–Kier alpha value is -2.60. The van der Waals surface area contributed by atoms with Crippen LogP contribution in [0.15, 0.2) is 53.6 Å². The number of ether oxygens (including phenoxy) is 2. The molecule has 0 saturated heterocycles. The number of benzene rings is 2. The molecule has 24 heavy (non-hydrogen) atoms. The molecule has 2 aromatic rings. The van der Waals surface area contributed by atoms with Gasteiger partial charge in [0.25, 0.3) is 0 Å². The zero-order chi connectivity index (χ0) is 17.4. The molecule has 0 aliphatic heterocycles. The van der Waals surface area contributed by atoms with Crippen molar-refractivity contribution in [1.29, 1.82) is 0 Å². The second kappa shape index (κ2) is 8.88. The third kappa shape index (κ3) is 4.70. The van der Waals surface area contributed by atoms with Gasteiger partial charge in [0.05, 0.1) is 32.0 Å². The van der Waals surface area contributed by atoms with Gasteiger partial charge in [-0.05, 0) is 36.8 Å². The SMILES string of the molecule is COc1cccc(OC)c1C=NNC(=S)N[C@H](C)c1ccccc1. The molecular formula is C18H21N3O2S. The molecule has 0 aromatic heterocycles. The number of thiocarbonyl (C=S) groups is 1. The van der Waals surface area contributed by atoms with E-state index < -0.39 is 0 Å². The Kier molecular flexibility index (Phi) is 6.57. The average molecular weight is 343 g/mol. The predicted octanol–water partition coefficient (Wildman–Crippen LogP) is 3.26. The van der Waals surface area contributed by atoms with Crippen LogP contribution in [0, 0.1) is 0 Å². The maximum absolute atomic E-state index is 5.32. The van der Waals surface area contributed by atoms with Crippen molar-refractivity contribution >= 4 is 23.5 Å². The Morgan fingerprint density at radius 1 is 1.04 bits per heavy atom. The molecule has 0 aliphatic carbocycles. The number of hydrogen-bond donors (Lipinski definition) is 2. The van der Waals surface area contributed by atoms with Crippen molar-refractivity contribution in [2.75, 3.05) is 14.2 Å². The van der Waals surface area contributed by atoms with Gasteiger partial charge in [0.15, 0.2) is 5.11 Å². The van der Waals surface area contributed by atoms with Crippen molar-refractivity contribution in [3.63, 3.8) is 0 Å². The normalized spacial score (nSPS) is 11.8. The summed E-state index contributed by atoms with van der Waals surface area (Å²) in [6.45, 7) is 2.04. The van der Waals surface area contributed by atoms with Gasteiger partial charge in [0.1, 0.15) is 11.5 Å². The van der Waals surface area contributed by atoms with Crippen LogP contribution in [0.2, 0.25) is 0 Å². The number of hydrogen-bond acceptors (Lipinski definition) is 4. The second-order valence-electron chi connectivity index (χ2n) is 5.05. The molecule has 0 radical (unpaired) electrons. The summed E-state index contributed by atoms with van der Waals surface area (Å²) in [6.07, 6.45) is 1.62. The molecule has 0 saturated carbocycles. The third-order valence-electron chi connectivity index (χ3n) is 3.47. The zero-order valence-electron chi connectivity index (χ0n) is 13.9. The first-order valence-electron chi connectivity index (χ1n) is 7.51. The summed E-state index contributed by atoms with van der Waals surface area (Å²) in [4.78, 5) is 0. The molecule has 0 fully saturated rings. The average Bonchev–Trinajstić information content (AvgIpc) is 2.62. The molecule has 0 aliphatic rings.